The van der Waals surface area contributed by atoms with Gasteiger partial charge < -0.3 is 4.74 Å². The summed E-state index contributed by atoms with van der Waals surface area (Å²) in [6, 6.07) is 8.16. The molecule has 1 aromatic carbocycles. The van der Waals surface area contributed by atoms with Crippen molar-refractivity contribution < 1.29 is 22.7 Å². The van der Waals surface area contributed by atoms with E-state index >= 15 is 0 Å². The van der Waals surface area contributed by atoms with E-state index in [0.29, 0.717) is 12.0 Å². The van der Waals surface area contributed by atoms with E-state index in [4.69, 9.17) is 4.74 Å². The topological polar surface area (TPSA) is 26.3 Å². The highest BCUT2D eigenvalue weighted by molar-refractivity contribution is 5.71. The zero-order valence-corrected chi connectivity index (χ0v) is 9.67. The first-order valence-corrected chi connectivity index (χ1v) is 5.75. The van der Waals surface area contributed by atoms with Gasteiger partial charge in [-0.25, -0.2) is 0 Å². The Morgan fingerprint density at radius 3 is 2.44 bits per heavy atom. The third-order valence-electron chi connectivity index (χ3n) is 3.06. The van der Waals surface area contributed by atoms with E-state index in [1.165, 1.54) is 0 Å². The molecule has 0 radical (unpaired) electrons. The van der Waals surface area contributed by atoms with Gasteiger partial charge in [0.25, 0.3) is 0 Å². The molecule has 2 rings (SSSR count). The molecule has 1 fully saturated rings. The molecule has 0 N–H and O–H groups in total. The number of carbonyl (C=O) groups excluding carboxylic acids is 1. The molecule has 0 amide bonds. The minimum Gasteiger partial charge on any atom is -0.454 e. The minimum atomic E-state index is -4.37. The molecule has 1 heterocycles. The second kappa shape index (κ2) is 4.63. The zero-order valence-electron chi connectivity index (χ0n) is 9.67. The number of halogens is 3. The smallest absolute Gasteiger partial charge is 0.393 e. The number of ether oxygens (including phenoxy) is 1. The van der Waals surface area contributed by atoms with Crippen LogP contribution in [0.4, 0.5) is 13.2 Å². The lowest BCUT2D eigenvalue weighted by Crippen LogP contribution is -2.40. The van der Waals surface area contributed by atoms with Crippen LogP contribution in [0.5, 0.6) is 0 Å². The van der Waals surface area contributed by atoms with E-state index in [-0.39, 0.29) is 12.8 Å². The summed E-state index contributed by atoms with van der Waals surface area (Å²) in [6.45, 7) is 0. The van der Waals surface area contributed by atoms with Gasteiger partial charge in [0.2, 0.25) is 0 Å². The largest absolute Gasteiger partial charge is 0.454 e. The average molecular weight is 258 g/mol. The van der Waals surface area contributed by atoms with Gasteiger partial charge in [-0.3, -0.25) is 4.79 Å². The van der Waals surface area contributed by atoms with Gasteiger partial charge in [0, 0.05) is 6.42 Å². The lowest BCUT2D eigenvalue weighted by Gasteiger charge is -2.37. The van der Waals surface area contributed by atoms with Crippen LogP contribution in [0.2, 0.25) is 0 Å². The predicted molar refractivity (Wildman–Crippen MR) is 58.7 cm³/mol. The van der Waals surface area contributed by atoms with Crippen molar-refractivity contribution in [2.24, 2.45) is 0 Å². The first-order valence-electron chi connectivity index (χ1n) is 5.75. The highest BCUT2D eigenvalue weighted by Crippen LogP contribution is 2.43. The monoisotopic (exact) mass is 258 g/mol. The van der Waals surface area contributed by atoms with E-state index in [1.807, 2.05) is 0 Å². The summed E-state index contributed by atoms with van der Waals surface area (Å²) < 4.78 is 43.2. The maximum atomic E-state index is 12.7. The molecule has 2 nitrogen and oxygen atoms in total. The van der Waals surface area contributed by atoms with Crippen LogP contribution in [-0.4, -0.2) is 12.1 Å². The molecule has 0 saturated carbocycles. The van der Waals surface area contributed by atoms with Crippen molar-refractivity contribution in [2.75, 3.05) is 0 Å². The van der Waals surface area contributed by atoms with Gasteiger partial charge in [-0.2, -0.15) is 13.2 Å². The standard InChI is InChI=1S/C13H13F3O2/c14-13(15,16)9-12(8-4-7-11(17)18-12)10-5-2-1-3-6-10/h1-3,5-6H,4,7-9H2/t12-/m1/s1. The fourth-order valence-corrected chi connectivity index (χ4v) is 2.33. The van der Waals surface area contributed by atoms with E-state index < -0.39 is 24.2 Å². The van der Waals surface area contributed by atoms with E-state index in [0.717, 1.165) is 0 Å². The van der Waals surface area contributed by atoms with Crippen molar-refractivity contribution in [1.82, 2.24) is 0 Å². The second-order valence-corrected chi connectivity index (χ2v) is 4.48. The Labute approximate surface area is 103 Å². The van der Waals surface area contributed by atoms with E-state index in [1.54, 1.807) is 30.3 Å². The molecule has 0 aliphatic carbocycles. The van der Waals surface area contributed by atoms with Gasteiger partial charge >= 0.3 is 12.1 Å². The molecule has 1 aliphatic heterocycles. The molecule has 0 aromatic heterocycles. The quantitative estimate of drug-likeness (QED) is 0.758. The Morgan fingerprint density at radius 2 is 1.89 bits per heavy atom. The number of cyclic esters (lactones) is 1. The molecule has 0 spiro atoms. The number of alkyl halides is 3. The van der Waals surface area contributed by atoms with Crippen LogP contribution >= 0.6 is 0 Å². The Balaban J connectivity index is 2.36. The van der Waals surface area contributed by atoms with Crippen LogP contribution in [0.25, 0.3) is 0 Å². The van der Waals surface area contributed by atoms with Gasteiger partial charge in [0.05, 0.1) is 6.42 Å². The third kappa shape index (κ3) is 2.83. The summed E-state index contributed by atoms with van der Waals surface area (Å²) in [7, 11) is 0. The van der Waals surface area contributed by atoms with Crippen molar-refractivity contribution in [3.8, 4) is 0 Å². The average Bonchev–Trinajstić information content (AvgIpc) is 2.28. The lowest BCUT2D eigenvalue weighted by molar-refractivity contribution is -0.206. The fourth-order valence-electron chi connectivity index (χ4n) is 2.33. The van der Waals surface area contributed by atoms with Crippen LogP contribution in [0.15, 0.2) is 30.3 Å². The van der Waals surface area contributed by atoms with Gasteiger partial charge in [0.1, 0.15) is 5.60 Å². The van der Waals surface area contributed by atoms with E-state index in [2.05, 4.69) is 0 Å². The third-order valence-corrected chi connectivity index (χ3v) is 3.06. The molecule has 5 heteroatoms. The van der Waals surface area contributed by atoms with Gasteiger partial charge in [0.15, 0.2) is 0 Å². The molecule has 98 valence electrons. The summed E-state index contributed by atoms with van der Waals surface area (Å²) in [6.07, 6.45) is -4.68. The minimum absolute atomic E-state index is 0.187. The van der Waals surface area contributed by atoms with Crippen molar-refractivity contribution in [1.29, 1.82) is 0 Å². The maximum Gasteiger partial charge on any atom is 0.393 e. The number of esters is 1. The van der Waals surface area contributed by atoms with Crippen LogP contribution in [0, 0.1) is 0 Å². The SMILES string of the molecule is O=C1CCC[C@@](CC(F)(F)F)(c2ccccc2)O1. The number of benzene rings is 1. The lowest BCUT2D eigenvalue weighted by atomic mass is 9.83. The molecule has 0 bridgehead atoms. The first kappa shape index (κ1) is 12.9. The van der Waals surface area contributed by atoms with Crippen LogP contribution in [0.1, 0.15) is 31.2 Å². The fraction of sp³-hybridized carbons (Fsp3) is 0.462. The molecule has 1 atom stereocenters. The normalized spacial score (nSPS) is 24.7. The highest BCUT2D eigenvalue weighted by atomic mass is 19.4. The first-order chi connectivity index (χ1) is 8.41. The Morgan fingerprint density at radius 1 is 1.22 bits per heavy atom. The number of hydrogen-bond acceptors (Lipinski definition) is 2. The number of carbonyl (C=O) groups is 1. The molecule has 1 saturated heterocycles. The summed E-state index contributed by atoms with van der Waals surface area (Å²) in [5, 5.41) is 0. The van der Waals surface area contributed by atoms with Crippen LogP contribution in [-0.2, 0) is 15.1 Å². The van der Waals surface area contributed by atoms with Crippen molar-refractivity contribution >= 4 is 5.97 Å². The highest BCUT2D eigenvalue weighted by Gasteiger charge is 2.47. The summed E-state index contributed by atoms with van der Waals surface area (Å²) >= 11 is 0. The van der Waals surface area contributed by atoms with Crippen molar-refractivity contribution in [3.05, 3.63) is 35.9 Å². The molecule has 1 aliphatic rings. The second-order valence-electron chi connectivity index (χ2n) is 4.48. The van der Waals surface area contributed by atoms with Gasteiger partial charge in [-0.1, -0.05) is 30.3 Å². The van der Waals surface area contributed by atoms with Crippen LogP contribution < -0.4 is 0 Å². The number of hydrogen-bond donors (Lipinski definition) is 0. The summed E-state index contributed by atoms with van der Waals surface area (Å²) in [4.78, 5) is 11.3. The summed E-state index contributed by atoms with van der Waals surface area (Å²) in [5.74, 6) is -0.561. The molecular formula is C13H13F3O2. The molecule has 1 aromatic rings. The maximum absolute atomic E-state index is 12.7. The van der Waals surface area contributed by atoms with Crippen molar-refractivity contribution in [3.63, 3.8) is 0 Å². The Bertz CT molecular complexity index is 428. The number of rotatable bonds is 2. The predicted octanol–water partition coefficient (Wildman–Crippen LogP) is 3.56. The van der Waals surface area contributed by atoms with Gasteiger partial charge in [-0.05, 0) is 18.4 Å². The van der Waals surface area contributed by atoms with Crippen LogP contribution in [0.3, 0.4) is 0 Å². The molecular weight excluding hydrogens is 245 g/mol. The molecule has 18 heavy (non-hydrogen) atoms. The summed E-state index contributed by atoms with van der Waals surface area (Å²) in [5.41, 5.74) is -1.13. The Kier molecular flexibility index (Phi) is 3.32. The Hall–Kier alpha value is -1.52. The van der Waals surface area contributed by atoms with Gasteiger partial charge in [-0.15, -0.1) is 0 Å². The zero-order chi connectivity index (χ0) is 13.2. The van der Waals surface area contributed by atoms with Crippen molar-refractivity contribution in [2.45, 2.75) is 37.5 Å². The van der Waals surface area contributed by atoms with E-state index in [9.17, 15) is 18.0 Å². The molecule has 0 unspecified atom stereocenters.